The maximum Gasteiger partial charge on any atom is 0.317 e. The highest BCUT2D eigenvalue weighted by molar-refractivity contribution is 5.75. The number of hydrogen-bond acceptors (Lipinski definition) is 2. The smallest absolute Gasteiger partial charge is 0.317 e. The number of aliphatic carboxylic acids is 1. The van der Waals surface area contributed by atoms with Crippen LogP contribution in [0.3, 0.4) is 0 Å². The van der Waals surface area contributed by atoms with Gasteiger partial charge in [-0.15, -0.1) is 6.42 Å². The summed E-state index contributed by atoms with van der Waals surface area (Å²) in [4.78, 5) is 23.9. The number of amides is 2. The van der Waals surface area contributed by atoms with Crippen LogP contribution in [0.2, 0.25) is 0 Å². The zero-order valence-electron chi connectivity index (χ0n) is 11.6. The third-order valence-electron chi connectivity index (χ3n) is 2.88. The summed E-state index contributed by atoms with van der Waals surface area (Å²) in [6, 6.07) is 6.99. The van der Waals surface area contributed by atoms with Crippen LogP contribution in [0.15, 0.2) is 24.3 Å². The zero-order chi connectivity index (χ0) is 15.1. The lowest BCUT2D eigenvalue weighted by atomic mass is 10.1. The van der Waals surface area contributed by atoms with Gasteiger partial charge < -0.3 is 15.3 Å². The average molecular weight is 274 g/mol. The summed E-state index contributed by atoms with van der Waals surface area (Å²) in [6.45, 7) is 2.09. The highest BCUT2D eigenvalue weighted by Crippen LogP contribution is 2.03. The minimum atomic E-state index is -0.922. The third kappa shape index (κ3) is 4.65. The summed E-state index contributed by atoms with van der Waals surface area (Å²) in [6.07, 6.45) is 5.26. The Morgan fingerprint density at radius 3 is 2.50 bits per heavy atom. The number of nitrogens with zero attached hydrogens (tertiary/aromatic N) is 1. The molecule has 5 heteroatoms. The van der Waals surface area contributed by atoms with Crippen molar-refractivity contribution in [1.29, 1.82) is 0 Å². The molecule has 0 aromatic heterocycles. The van der Waals surface area contributed by atoms with E-state index in [0.29, 0.717) is 6.54 Å². The average Bonchev–Trinajstić information content (AvgIpc) is 2.44. The number of carbonyl (C=O) groups excluding carboxylic acids is 1. The summed E-state index contributed by atoms with van der Waals surface area (Å²) in [5.41, 5.74) is 1.71. The van der Waals surface area contributed by atoms with Crippen LogP contribution in [0.5, 0.6) is 0 Å². The number of carboxylic acids is 1. The summed E-state index contributed by atoms with van der Waals surface area (Å²) in [5, 5.41) is 11.5. The van der Waals surface area contributed by atoms with Crippen LogP contribution in [0, 0.1) is 18.3 Å². The third-order valence-corrected chi connectivity index (χ3v) is 2.88. The Morgan fingerprint density at radius 2 is 2.00 bits per heavy atom. The van der Waals surface area contributed by atoms with Gasteiger partial charge in [0, 0.05) is 25.7 Å². The van der Waals surface area contributed by atoms with E-state index in [0.717, 1.165) is 11.1 Å². The van der Waals surface area contributed by atoms with Crippen LogP contribution in [0.25, 0.3) is 0 Å². The van der Waals surface area contributed by atoms with Gasteiger partial charge in [0.2, 0.25) is 0 Å². The van der Waals surface area contributed by atoms with Crippen LogP contribution in [-0.2, 0) is 11.3 Å². The van der Waals surface area contributed by atoms with Crippen LogP contribution in [-0.4, -0.2) is 35.6 Å². The quantitative estimate of drug-likeness (QED) is 0.800. The van der Waals surface area contributed by atoms with Gasteiger partial charge in [0.25, 0.3) is 0 Å². The molecule has 0 aliphatic rings. The predicted molar refractivity (Wildman–Crippen MR) is 76.0 cm³/mol. The standard InChI is InChI=1S/C15H18N2O3/c1-4-12-5-7-13(8-6-12)9-16-15(20)17(3)10-11(2)14(18)19/h1,5-8,11H,9-10H2,2-3H3,(H,16,20)(H,18,19). The lowest BCUT2D eigenvalue weighted by Gasteiger charge is -2.20. The lowest BCUT2D eigenvalue weighted by Crippen LogP contribution is -2.40. The van der Waals surface area contributed by atoms with Gasteiger partial charge in [-0.1, -0.05) is 25.0 Å². The van der Waals surface area contributed by atoms with Crippen molar-refractivity contribution >= 4 is 12.0 Å². The van der Waals surface area contributed by atoms with E-state index in [4.69, 9.17) is 11.5 Å². The lowest BCUT2D eigenvalue weighted by molar-refractivity contribution is -0.141. The Bertz CT molecular complexity index is 517. The van der Waals surface area contributed by atoms with E-state index in [1.54, 1.807) is 26.1 Å². The first kappa shape index (κ1) is 15.6. The molecule has 0 aliphatic heterocycles. The molecule has 2 N–H and O–H groups in total. The first-order valence-corrected chi connectivity index (χ1v) is 6.21. The van der Waals surface area contributed by atoms with Crippen LogP contribution < -0.4 is 5.32 Å². The molecule has 0 saturated heterocycles. The summed E-state index contributed by atoms with van der Waals surface area (Å²) in [5.74, 6) is 1.000. The summed E-state index contributed by atoms with van der Waals surface area (Å²) < 4.78 is 0. The monoisotopic (exact) mass is 274 g/mol. The Balaban J connectivity index is 2.46. The van der Waals surface area contributed by atoms with Gasteiger partial charge in [0.1, 0.15) is 0 Å². The van der Waals surface area contributed by atoms with Gasteiger partial charge in [0.15, 0.2) is 0 Å². The molecule has 5 nitrogen and oxygen atoms in total. The topological polar surface area (TPSA) is 69.6 Å². The molecule has 0 aliphatic carbocycles. The minimum Gasteiger partial charge on any atom is -0.481 e. The van der Waals surface area contributed by atoms with Crippen LogP contribution >= 0.6 is 0 Å². The molecule has 0 bridgehead atoms. The van der Waals surface area contributed by atoms with E-state index in [1.165, 1.54) is 4.90 Å². The fourth-order valence-corrected chi connectivity index (χ4v) is 1.60. The van der Waals surface area contributed by atoms with Crippen molar-refractivity contribution in [1.82, 2.24) is 10.2 Å². The van der Waals surface area contributed by atoms with Crippen molar-refractivity contribution in [3.05, 3.63) is 35.4 Å². The molecule has 0 radical (unpaired) electrons. The number of carbonyl (C=O) groups is 2. The zero-order valence-corrected chi connectivity index (χ0v) is 11.6. The van der Waals surface area contributed by atoms with Crippen molar-refractivity contribution < 1.29 is 14.7 Å². The first-order chi connectivity index (χ1) is 9.43. The number of nitrogens with one attached hydrogen (secondary N) is 1. The second-order valence-corrected chi connectivity index (χ2v) is 4.62. The van der Waals surface area contributed by atoms with E-state index < -0.39 is 11.9 Å². The Morgan fingerprint density at radius 1 is 1.40 bits per heavy atom. The first-order valence-electron chi connectivity index (χ1n) is 6.21. The normalized spacial score (nSPS) is 11.2. The second kappa shape index (κ2) is 7.19. The van der Waals surface area contributed by atoms with Gasteiger partial charge >= 0.3 is 12.0 Å². The summed E-state index contributed by atoms with van der Waals surface area (Å²) >= 11 is 0. The SMILES string of the molecule is C#Cc1ccc(CNC(=O)N(C)CC(C)C(=O)O)cc1. The second-order valence-electron chi connectivity index (χ2n) is 4.62. The molecule has 1 atom stereocenters. The molecule has 1 rings (SSSR count). The Kier molecular flexibility index (Phi) is 5.60. The van der Waals surface area contributed by atoms with Gasteiger partial charge in [-0.3, -0.25) is 4.79 Å². The van der Waals surface area contributed by atoms with Crippen LogP contribution in [0.4, 0.5) is 4.79 Å². The van der Waals surface area contributed by atoms with Crippen molar-refractivity contribution in [3.8, 4) is 12.3 Å². The highest BCUT2D eigenvalue weighted by Gasteiger charge is 2.16. The Labute approximate surface area is 118 Å². The number of urea groups is 1. The van der Waals surface area contributed by atoms with Gasteiger partial charge in [-0.05, 0) is 17.7 Å². The van der Waals surface area contributed by atoms with E-state index in [1.807, 2.05) is 12.1 Å². The van der Waals surface area contributed by atoms with Crippen LogP contribution in [0.1, 0.15) is 18.1 Å². The number of terminal acetylenes is 1. The number of carboxylic acid groups (broad SMARTS) is 1. The molecule has 0 heterocycles. The van der Waals surface area contributed by atoms with Gasteiger partial charge in [-0.2, -0.15) is 0 Å². The molecule has 106 valence electrons. The minimum absolute atomic E-state index is 0.164. The van der Waals surface area contributed by atoms with Crippen molar-refractivity contribution in [2.24, 2.45) is 5.92 Å². The number of hydrogen-bond donors (Lipinski definition) is 2. The molecular weight excluding hydrogens is 256 g/mol. The molecule has 20 heavy (non-hydrogen) atoms. The van der Waals surface area contributed by atoms with Crippen molar-refractivity contribution in [2.45, 2.75) is 13.5 Å². The Hall–Kier alpha value is -2.48. The molecular formula is C15H18N2O3. The highest BCUT2D eigenvalue weighted by atomic mass is 16.4. The fourth-order valence-electron chi connectivity index (χ4n) is 1.60. The predicted octanol–water partition coefficient (Wildman–Crippen LogP) is 1.53. The molecule has 0 saturated carbocycles. The van der Waals surface area contributed by atoms with Gasteiger partial charge in [0.05, 0.1) is 5.92 Å². The molecule has 1 aromatic rings. The maximum absolute atomic E-state index is 11.8. The van der Waals surface area contributed by atoms with E-state index in [9.17, 15) is 9.59 Å². The maximum atomic E-state index is 11.8. The molecule has 2 amide bonds. The molecule has 0 fully saturated rings. The summed E-state index contributed by atoms with van der Waals surface area (Å²) in [7, 11) is 1.57. The molecule has 0 spiro atoms. The number of rotatable bonds is 5. The van der Waals surface area contributed by atoms with Crippen molar-refractivity contribution in [2.75, 3.05) is 13.6 Å². The van der Waals surface area contributed by atoms with E-state index >= 15 is 0 Å². The van der Waals surface area contributed by atoms with Gasteiger partial charge in [-0.25, -0.2) is 4.79 Å². The van der Waals surface area contributed by atoms with E-state index in [2.05, 4.69) is 11.2 Å². The molecule has 1 unspecified atom stereocenters. The number of benzene rings is 1. The fraction of sp³-hybridized carbons (Fsp3) is 0.333. The van der Waals surface area contributed by atoms with E-state index in [-0.39, 0.29) is 12.6 Å². The largest absolute Gasteiger partial charge is 0.481 e. The molecule has 1 aromatic carbocycles. The van der Waals surface area contributed by atoms with Crippen molar-refractivity contribution in [3.63, 3.8) is 0 Å².